The minimum atomic E-state index is 0.604. The van der Waals surface area contributed by atoms with E-state index in [1.54, 1.807) is 0 Å². The van der Waals surface area contributed by atoms with Crippen LogP contribution in [-0.4, -0.2) is 0 Å². The molecule has 0 N–H and O–H groups in total. The highest BCUT2D eigenvalue weighted by Gasteiger charge is 2.13. The molecule has 0 bridgehead atoms. The number of rotatable bonds is 2. The summed E-state index contributed by atoms with van der Waals surface area (Å²) in [6, 6.07) is 0. The van der Waals surface area contributed by atoms with Gasteiger partial charge in [-0.3, -0.25) is 0 Å². The smallest absolute Gasteiger partial charge is 0.0400 e. The third-order valence-electron chi connectivity index (χ3n) is 2.50. The van der Waals surface area contributed by atoms with Gasteiger partial charge in [0.2, 0.25) is 0 Å². The van der Waals surface area contributed by atoms with Crippen LogP contribution in [0.1, 0.15) is 40.0 Å². The average Bonchev–Trinajstić information content (AvgIpc) is 2.03. The zero-order chi connectivity index (χ0) is 9.14. The molecular weight excluding hydrogens is 168 g/mol. The molecule has 0 atom stereocenters. The molecule has 0 spiro atoms. The van der Waals surface area contributed by atoms with E-state index in [4.69, 9.17) is 11.6 Å². The van der Waals surface area contributed by atoms with E-state index in [2.05, 4.69) is 26.8 Å². The molecule has 1 heteroatoms. The Morgan fingerprint density at radius 3 is 2.50 bits per heavy atom. The first-order valence-electron chi connectivity index (χ1n) is 4.73. The number of hydrogen-bond acceptors (Lipinski definition) is 0. The largest absolute Gasteiger partial charge is 0.0844 e. The summed E-state index contributed by atoms with van der Waals surface area (Å²) in [6.07, 6.45) is 5.67. The van der Waals surface area contributed by atoms with Crippen molar-refractivity contribution in [1.29, 1.82) is 0 Å². The minimum absolute atomic E-state index is 0.604. The van der Waals surface area contributed by atoms with Gasteiger partial charge in [-0.1, -0.05) is 37.9 Å². The number of halogens is 1. The van der Waals surface area contributed by atoms with Crippen LogP contribution in [0.3, 0.4) is 0 Å². The first kappa shape index (κ1) is 9.85. The second kappa shape index (κ2) is 4.13. The van der Waals surface area contributed by atoms with Crippen LogP contribution < -0.4 is 0 Å². The Morgan fingerprint density at radius 1 is 1.42 bits per heavy atom. The molecule has 0 unspecified atom stereocenters. The van der Waals surface area contributed by atoms with Crippen molar-refractivity contribution in [2.45, 2.75) is 40.0 Å². The summed E-state index contributed by atoms with van der Waals surface area (Å²) >= 11 is 6.15. The van der Waals surface area contributed by atoms with Gasteiger partial charge in [-0.25, -0.2) is 0 Å². The predicted octanol–water partition coefficient (Wildman–Crippen LogP) is 4.27. The van der Waals surface area contributed by atoms with Gasteiger partial charge < -0.3 is 0 Å². The predicted molar refractivity (Wildman–Crippen MR) is 55.3 cm³/mol. The molecule has 1 aliphatic carbocycles. The summed E-state index contributed by atoms with van der Waals surface area (Å²) in [5.74, 6) is 0.604. The summed E-state index contributed by atoms with van der Waals surface area (Å²) in [5.41, 5.74) is 2.92. The van der Waals surface area contributed by atoms with Crippen LogP contribution in [0.15, 0.2) is 22.3 Å². The van der Waals surface area contributed by atoms with E-state index in [0.717, 1.165) is 17.9 Å². The van der Waals surface area contributed by atoms with E-state index >= 15 is 0 Å². The Hall–Kier alpha value is -0.230. The summed E-state index contributed by atoms with van der Waals surface area (Å²) in [7, 11) is 0. The first-order chi connectivity index (χ1) is 5.65. The molecule has 12 heavy (non-hydrogen) atoms. The lowest BCUT2D eigenvalue weighted by Crippen LogP contribution is -2.01. The highest BCUT2D eigenvalue weighted by Crippen LogP contribution is 2.31. The van der Waals surface area contributed by atoms with E-state index in [9.17, 15) is 0 Å². The summed E-state index contributed by atoms with van der Waals surface area (Å²) in [6.45, 7) is 6.61. The second-order valence-electron chi connectivity index (χ2n) is 3.68. The second-order valence-corrected chi connectivity index (χ2v) is 4.09. The molecule has 0 aromatic heterocycles. The van der Waals surface area contributed by atoms with Gasteiger partial charge in [-0.05, 0) is 36.8 Å². The fraction of sp³-hybridized carbons (Fsp3) is 0.636. The van der Waals surface area contributed by atoms with Gasteiger partial charge >= 0.3 is 0 Å². The Bertz CT molecular complexity index is 221. The monoisotopic (exact) mass is 184 g/mol. The van der Waals surface area contributed by atoms with Gasteiger partial charge in [-0.15, -0.1) is 0 Å². The zero-order valence-electron chi connectivity index (χ0n) is 8.15. The van der Waals surface area contributed by atoms with E-state index in [0.29, 0.717) is 5.92 Å². The molecule has 0 radical (unpaired) electrons. The number of hydrogen-bond donors (Lipinski definition) is 0. The maximum absolute atomic E-state index is 6.15. The van der Waals surface area contributed by atoms with Crippen molar-refractivity contribution in [3.05, 3.63) is 22.3 Å². The van der Waals surface area contributed by atoms with Gasteiger partial charge in [0.25, 0.3) is 0 Å². The zero-order valence-corrected chi connectivity index (χ0v) is 8.91. The normalized spacial score (nSPS) is 18.6. The molecule has 0 nitrogen and oxygen atoms in total. The third kappa shape index (κ3) is 2.13. The Labute approximate surface area is 80.3 Å². The van der Waals surface area contributed by atoms with Crippen LogP contribution in [0.25, 0.3) is 0 Å². The molecule has 0 saturated carbocycles. The summed E-state index contributed by atoms with van der Waals surface area (Å²) < 4.78 is 0. The quantitative estimate of drug-likeness (QED) is 0.602. The van der Waals surface area contributed by atoms with Crippen molar-refractivity contribution >= 4 is 11.6 Å². The third-order valence-corrected chi connectivity index (χ3v) is 2.86. The fourth-order valence-corrected chi connectivity index (χ4v) is 2.07. The van der Waals surface area contributed by atoms with Crippen molar-refractivity contribution in [3.63, 3.8) is 0 Å². The fourth-order valence-electron chi connectivity index (χ4n) is 1.60. The summed E-state index contributed by atoms with van der Waals surface area (Å²) in [4.78, 5) is 0. The highest BCUT2D eigenvalue weighted by molar-refractivity contribution is 6.31. The van der Waals surface area contributed by atoms with Crippen LogP contribution in [-0.2, 0) is 0 Å². The molecule has 0 saturated heterocycles. The van der Waals surface area contributed by atoms with Crippen LogP contribution in [0.5, 0.6) is 0 Å². The molecular formula is C11H17Cl. The lowest BCUT2D eigenvalue weighted by atomic mass is 9.90. The van der Waals surface area contributed by atoms with Crippen LogP contribution in [0.2, 0.25) is 0 Å². The maximum Gasteiger partial charge on any atom is 0.0400 e. The van der Waals surface area contributed by atoms with Crippen molar-refractivity contribution < 1.29 is 0 Å². The molecule has 0 aliphatic heterocycles. The van der Waals surface area contributed by atoms with E-state index in [1.165, 1.54) is 17.6 Å². The van der Waals surface area contributed by atoms with Crippen LogP contribution in [0, 0.1) is 5.92 Å². The van der Waals surface area contributed by atoms with Crippen molar-refractivity contribution in [2.75, 3.05) is 0 Å². The lowest BCUT2D eigenvalue weighted by Gasteiger charge is -2.18. The molecule has 1 aliphatic rings. The Morgan fingerprint density at radius 2 is 2.08 bits per heavy atom. The van der Waals surface area contributed by atoms with Gasteiger partial charge in [0.1, 0.15) is 0 Å². The SMILES string of the molecule is CCC1=CC(Cl)=C(C(C)C)CC1. The van der Waals surface area contributed by atoms with Gasteiger partial charge in [-0.2, -0.15) is 0 Å². The molecule has 0 aromatic rings. The maximum atomic E-state index is 6.15. The van der Waals surface area contributed by atoms with E-state index in [1.807, 2.05) is 0 Å². The Kier molecular flexibility index (Phi) is 3.39. The molecule has 1 rings (SSSR count). The topological polar surface area (TPSA) is 0 Å². The van der Waals surface area contributed by atoms with Gasteiger partial charge in [0.05, 0.1) is 0 Å². The molecule has 0 heterocycles. The van der Waals surface area contributed by atoms with Crippen molar-refractivity contribution in [2.24, 2.45) is 5.92 Å². The van der Waals surface area contributed by atoms with E-state index < -0.39 is 0 Å². The molecule has 0 amide bonds. The number of allylic oxidation sites excluding steroid dienone is 4. The van der Waals surface area contributed by atoms with Gasteiger partial charge in [0, 0.05) is 5.03 Å². The molecule has 0 fully saturated rings. The van der Waals surface area contributed by atoms with Crippen LogP contribution >= 0.6 is 11.6 Å². The standard InChI is InChI=1S/C11H17Cl/c1-4-9-5-6-10(8(2)3)11(12)7-9/h7-8H,4-6H2,1-3H3. The van der Waals surface area contributed by atoms with Crippen molar-refractivity contribution in [3.8, 4) is 0 Å². The lowest BCUT2D eigenvalue weighted by molar-refractivity contribution is 0.690. The summed E-state index contributed by atoms with van der Waals surface area (Å²) in [5, 5.41) is 0.994. The average molecular weight is 185 g/mol. The van der Waals surface area contributed by atoms with E-state index in [-0.39, 0.29) is 0 Å². The Balaban J connectivity index is 2.83. The van der Waals surface area contributed by atoms with Gasteiger partial charge in [0.15, 0.2) is 0 Å². The van der Waals surface area contributed by atoms with Crippen molar-refractivity contribution in [1.82, 2.24) is 0 Å². The minimum Gasteiger partial charge on any atom is -0.0844 e. The molecule has 0 aromatic carbocycles. The molecule has 68 valence electrons. The van der Waals surface area contributed by atoms with Crippen LogP contribution in [0.4, 0.5) is 0 Å². The first-order valence-corrected chi connectivity index (χ1v) is 5.11. The highest BCUT2D eigenvalue weighted by atomic mass is 35.5.